The summed E-state index contributed by atoms with van der Waals surface area (Å²) < 4.78 is 0. The average molecular weight is 530 g/mol. The van der Waals surface area contributed by atoms with Gasteiger partial charge in [-0.25, -0.2) is 4.98 Å². The number of rotatable bonds is 15. The number of benzene rings is 1. The molecule has 1 aromatic heterocycles. The largest absolute Gasteiger partial charge is 0.481 e. The Balaban J connectivity index is 0.000000367. The van der Waals surface area contributed by atoms with Crippen LogP contribution in [-0.2, 0) is 4.79 Å². The first kappa shape index (κ1) is 32.1. The molecule has 0 fully saturated rings. The molecule has 2 aromatic rings. The fourth-order valence-electron chi connectivity index (χ4n) is 4.21. The highest BCUT2D eigenvalue weighted by atomic mass is 35.5. The van der Waals surface area contributed by atoms with Crippen molar-refractivity contribution in [1.29, 1.82) is 0 Å². The van der Waals surface area contributed by atoms with E-state index in [1.54, 1.807) is 12.1 Å². The van der Waals surface area contributed by atoms with E-state index in [0.29, 0.717) is 17.9 Å². The Morgan fingerprint density at radius 1 is 0.865 bits per heavy atom. The number of carboxylic acids is 1. The lowest BCUT2D eigenvalue weighted by Gasteiger charge is -2.06. The third-order valence-electron chi connectivity index (χ3n) is 6.28. The Hall–Kier alpha value is -2.93. The van der Waals surface area contributed by atoms with Gasteiger partial charge in [-0.05, 0) is 55.9 Å². The van der Waals surface area contributed by atoms with Crippen LogP contribution >= 0.6 is 12.4 Å². The number of aliphatic carboxylic acids is 1. The van der Waals surface area contributed by atoms with Gasteiger partial charge < -0.3 is 16.6 Å². The van der Waals surface area contributed by atoms with Crippen LogP contribution in [0.15, 0.2) is 64.8 Å². The summed E-state index contributed by atoms with van der Waals surface area (Å²) in [6.07, 6.45) is 21.9. The first-order valence-electron chi connectivity index (χ1n) is 13.4. The van der Waals surface area contributed by atoms with Crippen molar-refractivity contribution in [1.82, 2.24) is 4.98 Å². The summed E-state index contributed by atoms with van der Waals surface area (Å²) in [6.45, 7) is 0. The Kier molecular flexibility index (Phi) is 17.5. The summed E-state index contributed by atoms with van der Waals surface area (Å²) in [6, 6.07) is 12.7. The van der Waals surface area contributed by atoms with Crippen molar-refractivity contribution >= 4 is 41.4 Å². The minimum Gasteiger partial charge on any atom is -0.481 e. The van der Waals surface area contributed by atoms with E-state index in [1.807, 2.05) is 30.3 Å². The number of pyridine rings is 1. The van der Waals surface area contributed by atoms with Gasteiger partial charge in [0.05, 0.1) is 5.69 Å². The van der Waals surface area contributed by atoms with E-state index in [2.05, 4.69) is 27.4 Å². The van der Waals surface area contributed by atoms with E-state index >= 15 is 0 Å². The summed E-state index contributed by atoms with van der Waals surface area (Å²) in [5.41, 5.74) is 12.4. The molecule has 37 heavy (non-hydrogen) atoms. The Morgan fingerprint density at radius 2 is 1.49 bits per heavy atom. The molecule has 0 amide bonds. The maximum atomic E-state index is 10.3. The van der Waals surface area contributed by atoms with Crippen LogP contribution in [0.1, 0.15) is 89.9 Å². The molecule has 5 N–H and O–H groups in total. The van der Waals surface area contributed by atoms with Gasteiger partial charge in [-0.2, -0.15) is 5.11 Å². The molecule has 0 radical (unpaired) electrons. The van der Waals surface area contributed by atoms with E-state index in [0.717, 1.165) is 24.4 Å². The molecule has 3 rings (SSSR count). The molecule has 0 aliphatic heterocycles. The van der Waals surface area contributed by atoms with Crippen LogP contribution in [0.5, 0.6) is 0 Å². The fourth-order valence-corrected chi connectivity index (χ4v) is 4.21. The van der Waals surface area contributed by atoms with Crippen LogP contribution in [0.4, 0.5) is 23.0 Å². The van der Waals surface area contributed by atoms with Crippen LogP contribution in [-0.4, -0.2) is 16.1 Å². The lowest BCUT2D eigenvalue weighted by atomic mass is 9.99. The number of halogens is 1. The number of hydrogen-bond acceptors (Lipinski definition) is 6. The molecular weight excluding hydrogens is 486 g/mol. The highest BCUT2D eigenvalue weighted by Crippen LogP contribution is 2.24. The van der Waals surface area contributed by atoms with Gasteiger partial charge in [0.1, 0.15) is 11.5 Å². The van der Waals surface area contributed by atoms with E-state index < -0.39 is 5.97 Å². The Bertz CT molecular complexity index is 937. The monoisotopic (exact) mass is 529 g/mol. The topological polar surface area (TPSA) is 127 Å². The first-order valence-corrected chi connectivity index (χ1v) is 13.4. The summed E-state index contributed by atoms with van der Waals surface area (Å²) in [5.74, 6) is 0.884. The molecule has 1 atom stereocenters. The number of anilines is 2. The lowest BCUT2D eigenvalue weighted by Crippen LogP contribution is -1.95. The van der Waals surface area contributed by atoms with Crippen LogP contribution in [0.2, 0.25) is 0 Å². The van der Waals surface area contributed by atoms with E-state index in [9.17, 15) is 4.79 Å². The first-order chi connectivity index (χ1) is 17.5. The molecule has 0 bridgehead atoms. The van der Waals surface area contributed by atoms with Crippen LogP contribution in [0.3, 0.4) is 0 Å². The molecule has 1 heterocycles. The molecule has 1 aliphatic rings. The Labute approximate surface area is 228 Å². The van der Waals surface area contributed by atoms with Crippen LogP contribution in [0.25, 0.3) is 0 Å². The molecule has 1 unspecified atom stereocenters. The summed E-state index contributed by atoms with van der Waals surface area (Å²) in [4.78, 5) is 14.2. The maximum absolute atomic E-state index is 10.3. The number of carbonyl (C=O) groups is 1. The lowest BCUT2D eigenvalue weighted by molar-refractivity contribution is -0.137. The second kappa shape index (κ2) is 20.2. The van der Waals surface area contributed by atoms with Gasteiger partial charge >= 0.3 is 5.97 Å². The summed E-state index contributed by atoms with van der Waals surface area (Å²) in [5, 5.41) is 16.6. The Morgan fingerprint density at radius 3 is 2.05 bits per heavy atom. The van der Waals surface area contributed by atoms with E-state index in [1.165, 1.54) is 70.6 Å². The summed E-state index contributed by atoms with van der Waals surface area (Å²) >= 11 is 0. The smallest absolute Gasteiger partial charge is 0.303 e. The third-order valence-corrected chi connectivity index (χ3v) is 6.28. The quantitative estimate of drug-likeness (QED) is 0.121. The molecule has 0 saturated carbocycles. The zero-order valence-electron chi connectivity index (χ0n) is 21.9. The van der Waals surface area contributed by atoms with Crippen molar-refractivity contribution in [2.45, 2.75) is 89.9 Å². The number of aromatic nitrogens is 1. The number of unbranched alkanes of at least 4 members (excludes halogenated alkanes) is 9. The number of nitrogens with two attached hydrogens (primary N) is 2. The van der Waals surface area contributed by atoms with Crippen molar-refractivity contribution in [2.24, 2.45) is 16.1 Å². The molecule has 0 saturated heterocycles. The van der Waals surface area contributed by atoms with Crippen molar-refractivity contribution in [3.8, 4) is 0 Å². The molecule has 8 heteroatoms. The van der Waals surface area contributed by atoms with Crippen molar-refractivity contribution in [3.05, 3.63) is 54.6 Å². The number of nitrogen functional groups attached to an aromatic ring is 2. The molecule has 0 spiro atoms. The normalized spacial score (nSPS) is 14.2. The van der Waals surface area contributed by atoms with Crippen molar-refractivity contribution < 1.29 is 9.90 Å². The van der Waals surface area contributed by atoms with Gasteiger partial charge in [-0.3, -0.25) is 4.79 Å². The van der Waals surface area contributed by atoms with Crippen molar-refractivity contribution in [2.75, 3.05) is 11.5 Å². The number of azo groups is 1. The average Bonchev–Trinajstić information content (AvgIpc) is 3.39. The van der Waals surface area contributed by atoms with Gasteiger partial charge in [0.2, 0.25) is 0 Å². The van der Waals surface area contributed by atoms with Gasteiger partial charge in [-0.1, -0.05) is 88.1 Å². The van der Waals surface area contributed by atoms with Crippen LogP contribution in [0, 0.1) is 5.92 Å². The SMILES string of the molecule is Cl.Nc1ccc(N=Nc2ccccc2)c(N)n1.O=C(O)CCCCCCCCCCCCC1C=CCC1. The number of hydrogen-bond donors (Lipinski definition) is 3. The predicted octanol–water partition coefficient (Wildman–Crippen LogP) is 8.80. The summed E-state index contributed by atoms with van der Waals surface area (Å²) in [7, 11) is 0. The maximum Gasteiger partial charge on any atom is 0.303 e. The molecular formula is C29H44ClN5O2. The minimum absolute atomic E-state index is 0. The fraction of sp³-hybridized carbons (Fsp3) is 0.517. The van der Waals surface area contributed by atoms with Gasteiger partial charge in [-0.15, -0.1) is 17.5 Å². The predicted molar refractivity (Wildman–Crippen MR) is 156 cm³/mol. The highest BCUT2D eigenvalue weighted by Gasteiger charge is 2.07. The zero-order chi connectivity index (χ0) is 25.8. The highest BCUT2D eigenvalue weighted by molar-refractivity contribution is 5.85. The van der Waals surface area contributed by atoms with Crippen LogP contribution < -0.4 is 11.5 Å². The second-order valence-electron chi connectivity index (χ2n) is 9.41. The molecule has 204 valence electrons. The molecule has 7 nitrogen and oxygen atoms in total. The number of carboxylic acid groups (broad SMARTS) is 1. The number of allylic oxidation sites excluding steroid dienone is 2. The molecule has 1 aromatic carbocycles. The van der Waals surface area contributed by atoms with E-state index in [4.69, 9.17) is 16.6 Å². The van der Waals surface area contributed by atoms with Gasteiger partial charge in [0.25, 0.3) is 0 Å². The standard InChI is InChI=1S/C18H32O2.C11H11N5.ClH/c19-18(20)16-10-8-6-4-2-1-3-5-7-9-13-17-14-11-12-15-17;12-10-7-6-9(11(13)14-10)16-15-8-4-2-1-3-5-8;/h11,14,17H,1-10,12-13,15-16H2,(H,19,20);1-7H,(H4,12,13,14);1H. The zero-order valence-corrected chi connectivity index (χ0v) is 22.7. The molecule has 1 aliphatic carbocycles. The number of nitrogens with zero attached hydrogens (tertiary/aromatic N) is 3. The minimum atomic E-state index is -0.655. The third kappa shape index (κ3) is 15.7. The van der Waals surface area contributed by atoms with E-state index in [-0.39, 0.29) is 18.2 Å². The van der Waals surface area contributed by atoms with Crippen molar-refractivity contribution in [3.63, 3.8) is 0 Å². The van der Waals surface area contributed by atoms with Gasteiger partial charge in [0.15, 0.2) is 5.82 Å². The second-order valence-corrected chi connectivity index (χ2v) is 9.41. The van der Waals surface area contributed by atoms with Gasteiger partial charge in [0, 0.05) is 6.42 Å².